The number of ether oxygens (including phenoxy) is 2. The highest BCUT2D eigenvalue weighted by Gasteiger charge is 2.46. The van der Waals surface area contributed by atoms with Gasteiger partial charge in [0.25, 0.3) is 0 Å². The van der Waals surface area contributed by atoms with E-state index in [-0.39, 0.29) is 24.3 Å². The maximum Gasteiger partial charge on any atom is 0.407 e. The summed E-state index contributed by atoms with van der Waals surface area (Å²) < 4.78 is 9.99. The minimum atomic E-state index is -0.755. The highest BCUT2D eigenvalue weighted by atomic mass is 35.5. The molecule has 6 heteroatoms. The number of ketones is 1. The van der Waals surface area contributed by atoms with Gasteiger partial charge in [0.1, 0.15) is 0 Å². The van der Waals surface area contributed by atoms with E-state index in [1.54, 1.807) is 13.8 Å². The van der Waals surface area contributed by atoms with Crippen molar-refractivity contribution in [2.24, 2.45) is 5.41 Å². The summed E-state index contributed by atoms with van der Waals surface area (Å²) in [4.78, 5) is 22.9. The smallest absolute Gasteiger partial charge is 0.407 e. The Hall–Kier alpha value is -0.810. The predicted octanol–water partition coefficient (Wildman–Crippen LogP) is 0.945. The summed E-state index contributed by atoms with van der Waals surface area (Å²) in [6.45, 7) is 4.32. The summed E-state index contributed by atoms with van der Waals surface area (Å²) >= 11 is 5.54. The Labute approximate surface area is 99.4 Å². The third-order valence-corrected chi connectivity index (χ3v) is 3.02. The molecule has 0 radical (unpaired) electrons. The molecular formula is C10H16ClNO4. The molecule has 1 rings (SSSR count). The van der Waals surface area contributed by atoms with Gasteiger partial charge in [0.05, 0.1) is 37.2 Å². The van der Waals surface area contributed by atoms with Crippen molar-refractivity contribution in [2.75, 3.05) is 25.7 Å². The van der Waals surface area contributed by atoms with Crippen LogP contribution in [0, 0.1) is 5.41 Å². The number of alkyl halides is 1. The molecule has 5 nitrogen and oxygen atoms in total. The van der Waals surface area contributed by atoms with Gasteiger partial charge in [-0.25, -0.2) is 4.79 Å². The highest BCUT2D eigenvalue weighted by molar-refractivity contribution is 6.28. The van der Waals surface area contributed by atoms with Gasteiger partial charge in [-0.3, -0.25) is 4.79 Å². The van der Waals surface area contributed by atoms with Crippen molar-refractivity contribution in [3.8, 4) is 0 Å². The maximum atomic E-state index is 11.7. The molecule has 2 unspecified atom stereocenters. The molecule has 92 valence electrons. The van der Waals surface area contributed by atoms with Crippen molar-refractivity contribution in [1.29, 1.82) is 0 Å². The van der Waals surface area contributed by atoms with Crippen LogP contribution in [0.3, 0.4) is 0 Å². The van der Waals surface area contributed by atoms with E-state index in [9.17, 15) is 9.59 Å². The Kier molecular flexibility index (Phi) is 4.56. The van der Waals surface area contributed by atoms with Gasteiger partial charge in [0, 0.05) is 0 Å². The third kappa shape index (κ3) is 2.65. The number of nitrogens with one attached hydrogen (secondary N) is 1. The number of amides is 1. The minimum Gasteiger partial charge on any atom is -0.450 e. The van der Waals surface area contributed by atoms with Crippen LogP contribution in [-0.2, 0) is 14.3 Å². The van der Waals surface area contributed by atoms with Gasteiger partial charge >= 0.3 is 6.09 Å². The first-order valence-corrected chi connectivity index (χ1v) is 5.68. The fraction of sp³-hybridized carbons (Fsp3) is 0.800. The first kappa shape index (κ1) is 13.3. The van der Waals surface area contributed by atoms with Crippen LogP contribution < -0.4 is 5.32 Å². The Morgan fingerprint density at radius 2 is 2.31 bits per heavy atom. The third-order valence-electron chi connectivity index (χ3n) is 2.78. The second-order valence-electron chi connectivity index (χ2n) is 3.91. The monoisotopic (exact) mass is 249 g/mol. The number of hydrogen-bond acceptors (Lipinski definition) is 4. The number of Topliss-reactive ketones (excluding diaryl/α,β-unsaturated/α-hetero) is 1. The normalized spacial score (nSPS) is 28.8. The Morgan fingerprint density at radius 3 is 2.88 bits per heavy atom. The molecule has 1 saturated heterocycles. The molecule has 1 fully saturated rings. The predicted molar refractivity (Wildman–Crippen MR) is 58.6 cm³/mol. The van der Waals surface area contributed by atoms with Gasteiger partial charge < -0.3 is 14.8 Å². The van der Waals surface area contributed by atoms with Crippen LogP contribution in [0.4, 0.5) is 4.79 Å². The van der Waals surface area contributed by atoms with Crippen LogP contribution in [0.1, 0.15) is 13.8 Å². The largest absolute Gasteiger partial charge is 0.450 e. The minimum absolute atomic E-state index is 0.0825. The molecule has 2 atom stereocenters. The van der Waals surface area contributed by atoms with Gasteiger partial charge in [-0.2, -0.15) is 0 Å². The molecule has 0 spiro atoms. The zero-order valence-corrected chi connectivity index (χ0v) is 10.2. The summed E-state index contributed by atoms with van der Waals surface area (Å²) in [7, 11) is 0. The summed E-state index contributed by atoms with van der Waals surface area (Å²) in [5, 5.41) is 2.62. The fourth-order valence-corrected chi connectivity index (χ4v) is 1.92. The van der Waals surface area contributed by atoms with Crippen molar-refractivity contribution in [1.82, 2.24) is 5.32 Å². The second kappa shape index (κ2) is 5.50. The Morgan fingerprint density at radius 1 is 1.62 bits per heavy atom. The number of hydrogen-bond donors (Lipinski definition) is 1. The van der Waals surface area contributed by atoms with E-state index < -0.39 is 11.5 Å². The van der Waals surface area contributed by atoms with E-state index in [2.05, 4.69) is 5.32 Å². The standard InChI is InChI=1S/C10H16ClNO4/c1-3-16-9(14)12-7-5-15-6-10(7,2)8(13)4-11/h7H,3-6H2,1-2H3,(H,12,14). The van der Waals surface area contributed by atoms with Crippen LogP contribution in [-0.4, -0.2) is 43.6 Å². The van der Waals surface area contributed by atoms with E-state index in [1.807, 2.05) is 0 Å². The molecule has 1 aliphatic heterocycles. The lowest BCUT2D eigenvalue weighted by molar-refractivity contribution is -0.126. The fourth-order valence-electron chi connectivity index (χ4n) is 1.62. The molecule has 0 aromatic rings. The van der Waals surface area contributed by atoms with Crippen LogP contribution in [0.25, 0.3) is 0 Å². The molecular weight excluding hydrogens is 234 g/mol. The topological polar surface area (TPSA) is 64.6 Å². The van der Waals surface area contributed by atoms with E-state index in [1.165, 1.54) is 0 Å². The zero-order valence-electron chi connectivity index (χ0n) is 9.42. The molecule has 1 N–H and O–H groups in total. The SMILES string of the molecule is CCOC(=O)NC1COCC1(C)C(=O)CCl. The first-order chi connectivity index (χ1) is 7.54. The maximum absolute atomic E-state index is 11.7. The van der Waals surface area contributed by atoms with E-state index in [0.717, 1.165) is 0 Å². The molecule has 1 aliphatic rings. The Bertz CT molecular complexity index is 284. The molecule has 0 saturated carbocycles. The van der Waals surface area contributed by atoms with Crippen molar-refractivity contribution in [3.63, 3.8) is 0 Å². The van der Waals surface area contributed by atoms with Crippen LogP contribution in [0.2, 0.25) is 0 Å². The van der Waals surface area contributed by atoms with Crippen molar-refractivity contribution < 1.29 is 19.1 Å². The molecule has 1 amide bonds. The number of carbonyl (C=O) groups excluding carboxylic acids is 2. The molecule has 0 bridgehead atoms. The van der Waals surface area contributed by atoms with Gasteiger partial charge in [-0.1, -0.05) is 0 Å². The second-order valence-corrected chi connectivity index (χ2v) is 4.17. The Balaban J connectivity index is 2.65. The summed E-state index contributed by atoms with van der Waals surface area (Å²) in [5.41, 5.74) is -0.755. The number of halogens is 1. The van der Waals surface area contributed by atoms with Gasteiger partial charge in [0.15, 0.2) is 5.78 Å². The van der Waals surface area contributed by atoms with Crippen molar-refractivity contribution >= 4 is 23.5 Å². The lowest BCUT2D eigenvalue weighted by atomic mass is 9.81. The number of rotatable bonds is 4. The van der Waals surface area contributed by atoms with Gasteiger partial charge in [0.2, 0.25) is 0 Å². The van der Waals surface area contributed by atoms with E-state index >= 15 is 0 Å². The van der Waals surface area contributed by atoms with E-state index in [4.69, 9.17) is 21.1 Å². The zero-order chi connectivity index (χ0) is 12.2. The molecule has 0 aromatic heterocycles. The average Bonchev–Trinajstić information content (AvgIpc) is 2.61. The quantitative estimate of drug-likeness (QED) is 0.754. The van der Waals surface area contributed by atoms with Crippen LogP contribution in [0.5, 0.6) is 0 Å². The first-order valence-electron chi connectivity index (χ1n) is 5.15. The summed E-state index contributed by atoms with van der Waals surface area (Å²) in [6.07, 6.45) is -0.536. The average molecular weight is 250 g/mol. The van der Waals surface area contributed by atoms with Crippen LogP contribution >= 0.6 is 11.6 Å². The van der Waals surface area contributed by atoms with Crippen molar-refractivity contribution in [3.05, 3.63) is 0 Å². The van der Waals surface area contributed by atoms with Crippen LogP contribution in [0.15, 0.2) is 0 Å². The highest BCUT2D eigenvalue weighted by Crippen LogP contribution is 2.30. The molecule has 16 heavy (non-hydrogen) atoms. The molecule has 1 heterocycles. The number of alkyl carbamates (subject to hydrolysis) is 1. The summed E-state index contributed by atoms with van der Waals surface area (Å²) in [6, 6.07) is -0.377. The lowest BCUT2D eigenvalue weighted by Crippen LogP contribution is -2.50. The molecule has 0 aromatic carbocycles. The van der Waals surface area contributed by atoms with Gasteiger partial charge in [-0.15, -0.1) is 11.6 Å². The van der Waals surface area contributed by atoms with Gasteiger partial charge in [-0.05, 0) is 13.8 Å². The summed E-state index contributed by atoms with van der Waals surface area (Å²) in [5.74, 6) is -0.214. The lowest BCUT2D eigenvalue weighted by Gasteiger charge is -2.27. The molecule has 0 aliphatic carbocycles. The number of carbonyl (C=O) groups is 2. The van der Waals surface area contributed by atoms with E-state index in [0.29, 0.717) is 13.2 Å². The van der Waals surface area contributed by atoms with Crippen molar-refractivity contribution in [2.45, 2.75) is 19.9 Å².